The lowest BCUT2D eigenvalue weighted by molar-refractivity contribution is 0.0314. The number of rotatable bonds is 5. The first-order valence-electron chi connectivity index (χ1n) is 8.43. The van der Waals surface area contributed by atoms with Crippen molar-refractivity contribution in [1.29, 1.82) is 0 Å². The minimum absolute atomic E-state index is 0.398. The molecule has 0 heterocycles. The van der Waals surface area contributed by atoms with E-state index < -0.39 is 0 Å². The molecule has 0 aliphatic heterocycles. The summed E-state index contributed by atoms with van der Waals surface area (Å²) in [6.07, 6.45) is 12.8. The van der Waals surface area contributed by atoms with Crippen LogP contribution < -0.4 is 5.32 Å². The van der Waals surface area contributed by atoms with E-state index in [2.05, 4.69) is 38.3 Å². The highest BCUT2D eigenvalue weighted by Crippen LogP contribution is 2.41. The van der Waals surface area contributed by atoms with Crippen LogP contribution in [0.1, 0.15) is 64.7 Å². The topological polar surface area (TPSA) is 15.3 Å². The van der Waals surface area contributed by atoms with Crippen LogP contribution in [0.3, 0.4) is 0 Å². The average Bonchev–Trinajstić information content (AvgIpc) is 2.88. The Labute approximate surface area is 120 Å². The van der Waals surface area contributed by atoms with Gasteiger partial charge < -0.3 is 10.2 Å². The number of nitrogens with one attached hydrogen (secondary N) is 1. The van der Waals surface area contributed by atoms with Gasteiger partial charge in [-0.3, -0.25) is 0 Å². The van der Waals surface area contributed by atoms with E-state index in [9.17, 15) is 0 Å². The van der Waals surface area contributed by atoms with Gasteiger partial charge in [-0.25, -0.2) is 0 Å². The van der Waals surface area contributed by atoms with Gasteiger partial charge in [0.2, 0.25) is 0 Å². The minimum Gasteiger partial charge on any atom is -0.315 e. The minimum atomic E-state index is 0.398. The second kappa shape index (κ2) is 6.58. The Morgan fingerprint density at radius 1 is 1.16 bits per heavy atom. The summed E-state index contributed by atoms with van der Waals surface area (Å²) >= 11 is 0. The fourth-order valence-corrected chi connectivity index (χ4v) is 4.78. The Morgan fingerprint density at radius 2 is 1.84 bits per heavy atom. The Balaban J connectivity index is 2.09. The van der Waals surface area contributed by atoms with E-state index >= 15 is 0 Å². The number of hydrogen-bond acceptors (Lipinski definition) is 2. The van der Waals surface area contributed by atoms with Gasteiger partial charge in [-0.1, -0.05) is 45.4 Å². The van der Waals surface area contributed by atoms with E-state index in [1.165, 1.54) is 57.8 Å². The van der Waals surface area contributed by atoms with Crippen molar-refractivity contribution >= 4 is 0 Å². The maximum atomic E-state index is 3.70. The van der Waals surface area contributed by atoms with E-state index in [0.717, 1.165) is 11.8 Å². The molecule has 0 aromatic heterocycles. The second-order valence-electron chi connectivity index (χ2n) is 7.43. The summed E-state index contributed by atoms with van der Waals surface area (Å²) in [7, 11) is 6.79. The molecule has 0 aromatic carbocycles. The van der Waals surface area contributed by atoms with Crippen molar-refractivity contribution in [1.82, 2.24) is 10.2 Å². The van der Waals surface area contributed by atoms with E-state index in [0.29, 0.717) is 11.6 Å². The summed E-state index contributed by atoms with van der Waals surface area (Å²) in [4.78, 5) is 2.54. The van der Waals surface area contributed by atoms with Crippen LogP contribution in [0.4, 0.5) is 0 Å². The zero-order valence-electron chi connectivity index (χ0n) is 13.5. The third-order valence-electron chi connectivity index (χ3n) is 5.94. The first kappa shape index (κ1) is 15.3. The average molecular weight is 266 g/mol. The number of nitrogens with zero attached hydrogens (tertiary/aromatic N) is 1. The zero-order valence-corrected chi connectivity index (χ0v) is 13.5. The molecular weight excluding hydrogens is 232 g/mol. The number of likely N-dealkylation sites (N-methyl/N-ethyl adjacent to an activating group) is 2. The molecule has 0 spiro atoms. The van der Waals surface area contributed by atoms with E-state index in [4.69, 9.17) is 0 Å². The van der Waals surface area contributed by atoms with Crippen molar-refractivity contribution in [3.63, 3.8) is 0 Å². The monoisotopic (exact) mass is 266 g/mol. The molecule has 2 aliphatic rings. The molecule has 1 N–H and O–H groups in total. The Kier molecular flexibility index (Phi) is 5.30. The molecule has 2 saturated carbocycles. The maximum Gasteiger partial charge on any atom is 0.0358 e. The van der Waals surface area contributed by atoms with E-state index in [1.54, 1.807) is 0 Å². The fourth-order valence-electron chi connectivity index (χ4n) is 4.78. The van der Waals surface area contributed by atoms with Crippen LogP contribution >= 0.6 is 0 Å². The van der Waals surface area contributed by atoms with Crippen LogP contribution in [0.2, 0.25) is 0 Å². The van der Waals surface area contributed by atoms with Crippen LogP contribution in [0.25, 0.3) is 0 Å². The number of hydrogen-bond donors (Lipinski definition) is 1. The van der Waals surface area contributed by atoms with Crippen LogP contribution in [-0.2, 0) is 0 Å². The molecule has 2 heteroatoms. The molecule has 2 nitrogen and oxygen atoms in total. The Morgan fingerprint density at radius 3 is 2.37 bits per heavy atom. The standard InChI is InChI=1S/C17H34N2/c1-14-8-7-11-17(13-14,19(3)4)16(18-2)12-15-9-5-6-10-15/h14-16,18H,5-13H2,1-4H3. The molecule has 3 atom stereocenters. The van der Waals surface area contributed by atoms with Gasteiger partial charge in [0.25, 0.3) is 0 Å². The molecule has 2 rings (SSSR count). The second-order valence-corrected chi connectivity index (χ2v) is 7.43. The highest BCUT2D eigenvalue weighted by Gasteiger charge is 2.43. The van der Waals surface area contributed by atoms with Crippen molar-refractivity contribution in [3.05, 3.63) is 0 Å². The molecule has 0 saturated heterocycles. The van der Waals surface area contributed by atoms with Crippen LogP contribution in [-0.4, -0.2) is 37.6 Å². The van der Waals surface area contributed by atoms with Gasteiger partial charge in [0.1, 0.15) is 0 Å². The van der Waals surface area contributed by atoms with Gasteiger partial charge in [0, 0.05) is 11.6 Å². The summed E-state index contributed by atoms with van der Waals surface area (Å²) in [6.45, 7) is 2.44. The predicted octanol–water partition coefficient (Wildman–Crippen LogP) is 3.67. The lowest BCUT2D eigenvalue weighted by Gasteiger charge is -2.51. The smallest absolute Gasteiger partial charge is 0.0358 e. The van der Waals surface area contributed by atoms with Gasteiger partial charge >= 0.3 is 0 Å². The van der Waals surface area contributed by atoms with Gasteiger partial charge in [0.15, 0.2) is 0 Å². The third kappa shape index (κ3) is 3.33. The summed E-state index contributed by atoms with van der Waals surface area (Å²) in [5.41, 5.74) is 0.398. The molecule has 112 valence electrons. The quantitative estimate of drug-likeness (QED) is 0.817. The highest BCUT2D eigenvalue weighted by atomic mass is 15.2. The maximum absolute atomic E-state index is 3.70. The van der Waals surface area contributed by atoms with Crippen LogP contribution in [0.5, 0.6) is 0 Å². The summed E-state index contributed by atoms with van der Waals surface area (Å²) in [6, 6.07) is 0.674. The summed E-state index contributed by atoms with van der Waals surface area (Å²) in [5, 5.41) is 3.70. The Bertz CT molecular complexity index is 270. The molecule has 3 unspecified atom stereocenters. The SMILES string of the molecule is CNC(CC1CCCC1)C1(N(C)C)CCCC(C)C1. The molecular formula is C17H34N2. The van der Waals surface area contributed by atoms with Crippen molar-refractivity contribution in [3.8, 4) is 0 Å². The molecule has 19 heavy (non-hydrogen) atoms. The third-order valence-corrected chi connectivity index (χ3v) is 5.94. The molecule has 0 radical (unpaired) electrons. The summed E-state index contributed by atoms with van der Waals surface area (Å²) in [5.74, 6) is 1.86. The van der Waals surface area contributed by atoms with Crippen LogP contribution in [0.15, 0.2) is 0 Å². The van der Waals surface area contributed by atoms with E-state index in [-0.39, 0.29) is 0 Å². The molecule has 2 aliphatic carbocycles. The lowest BCUT2D eigenvalue weighted by atomic mass is 9.69. The Hall–Kier alpha value is -0.0800. The van der Waals surface area contributed by atoms with Gasteiger partial charge in [-0.15, -0.1) is 0 Å². The largest absolute Gasteiger partial charge is 0.315 e. The van der Waals surface area contributed by atoms with Gasteiger partial charge in [-0.05, 0) is 52.2 Å². The van der Waals surface area contributed by atoms with Crippen LogP contribution in [0, 0.1) is 11.8 Å². The normalized spacial score (nSPS) is 34.9. The van der Waals surface area contributed by atoms with Crippen molar-refractivity contribution < 1.29 is 0 Å². The highest BCUT2D eigenvalue weighted by molar-refractivity contribution is 5.02. The summed E-state index contributed by atoms with van der Waals surface area (Å²) < 4.78 is 0. The molecule has 0 bridgehead atoms. The van der Waals surface area contributed by atoms with Gasteiger partial charge in [-0.2, -0.15) is 0 Å². The van der Waals surface area contributed by atoms with Crippen molar-refractivity contribution in [2.24, 2.45) is 11.8 Å². The molecule has 2 fully saturated rings. The fraction of sp³-hybridized carbons (Fsp3) is 1.00. The van der Waals surface area contributed by atoms with E-state index in [1.807, 2.05) is 0 Å². The lowest BCUT2D eigenvalue weighted by Crippen LogP contribution is -2.60. The van der Waals surface area contributed by atoms with Crippen molar-refractivity contribution in [2.75, 3.05) is 21.1 Å². The van der Waals surface area contributed by atoms with Gasteiger partial charge in [0.05, 0.1) is 0 Å². The first-order chi connectivity index (χ1) is 9.08. The van der Waals surface area contributed by atoms with Crippen molar-refractivity contribution in [2.45, 2.75) is 76.3 Å². The predicted molar refractivity (Wildman–Crippen MR) is 83.5 cm³/mol. The molecule has 0 amide bonds. The first-order valence-corrected chi connectivity index (χ1v) is 8.43. The zero-order chi connectivity index (χ0) is 13.9. The molecule has 0 aromatic rings.